The Bertz CT molecular complexity index is 660. The van der Waals surface area contributed by atoms with Crippen molar-refractivity contribution in [2.45, 2.75) is 26.9 Å². The van der Waals surface area contributed by atoms with Crippen molar-refractivity contribution in [1.82, 2.24) is 20.8 Å². The van der Waals surface area contributed by atoms with Crippen LogP contribution in [0.1, 0.15) is 33.6 Å². The van der Waals surface area contributed by atoms with Crippen LogP contribution in [0.2, 0.25) is 0 Å². The number of carbonyl (C=O) groups is 2. The first-order chi connectivity index (χ1) is 9.95. The average molecular weight is 294 g/mol. The first-order valence-corrected chi connectivity index (χ1v) is 6.09. The third-order valence-corrected chi connectivity index (χ3v) is 2.60. The fourth-order valence-corrected chi connectivity index (χ4v) is 1.65. The number of carboxylic acid groups (broad SMARTS) is 1. The highest BCUT2D eigenvalue weighted by atomic mass is 16.5. The maximum atomic E-state index is 11.6. The summed E-state index contributed by atoms with van der Waals surface area (Å²) in [5.74, 6) is 0.362. The summed E-state index contributed by atoms with van der Waals surface area (Å²) in [4.78, 5) is 26.3. The molecule has 112 valence electrons. The summed E-state index contributed by atoms with van der Waals surface area (Å²) in [5, 5.41) is 17.6. The molecule has 0 atom stereocenters. The van der Waals surface area contributed by atoms with Gasteiger partial charge >= 0.3 is 12.0 Å². The Balaban J connectivity index is 1.81. The number of aromatic carboxylic acids is 1. The predicted octanol–water partition coefficient (Wildman–Crippen LogP) is 0.977. The number of furan rings is 1. The zero-order valence-corrected chi connectivity index (χ0v) is 11.5. The van der Waals surface area contributed by atoms with Crippen LogP contribution in [0.15, 0.2) is 15.0 Å². The van der Waals surface area contributed by atoms with Crippen LogP contribution in [0.4, 0.5) is 4.79 Å². The molecule has 0 spiro atoms. The highest BCUT2D eigenvalue weighted by Gasteiger charge is 2.14. The number of aryl methyl sites for hydroxylation is 2. The van der Waals surface area contributed by atoms with Crippen molar-refractivity contribution < 1.29 is 23.6 Å². The summed E-state index contributed by atoms with van der Waals surface area (Å²) in [6, 6.07) is 0.920. The van der Waals surface area contributed by atoms with E-state index in [2.05, 4.69) is 20.8 Å². The molecule has 0 saturated carbocycles. The summed E-state index contributed by atoms with van der Waals surface area (Å²) >= 11 is 0. The van der Waals surface area contributed by atoms with Crippen molar-refractivity contribution in [2.75, 3.05) is 0 Å². The van der Waals surface area contributed by atoms with Crippen LogP contribution in [-0.4, -0.2) is 27.2 Å². The number of rotatable bonds is 5. The van der Waals surface area contributed by atoms with Crippen LogP contribution in [-0.2, 0) is 13.1 Å². The van der Waals surface area contributed by atoms with E-state index in [4.69, 9.17) is 14.0 Å². The van der Waals surface area contributed by atoms with Crippen molar-refractivity contribution in [3.63, 3.8) is 0 Å². The zero-order valence-electron chi connectivity index (χ0n) is 11.5. The number of hydrogen-bond donors (Lipinski definition) is 3. The van der Waals surface area contributed by atoms with Crippen LogP contribution in [0.3, 0.4) is 0 Å². The molecule has 0 bridgehead atoms. The molecule has 2 amide bonds. The summed E-state index contributed by atoms with van der Waals surface area (Å²) < 4.78 is 9.99. The Labute approximate surface area is 119 Å². The fraction of sp³-hybridized carbons (Fsp3) is 0.333. The van der Waals surface area contributed by atoms with Crippen LogP contribution < -0.4 is 10.6 Å². The van der Waals surface area contributed by atoms with Crippen molar-refractivity contribution in [1.29, 1.82) is 0 Å². The smallest absolute Gasteiger partial charge is 0.339 e. The average Bonchev–Trinajstić information content (AvgIpc) is 3.00. The number of nitrogens with one attached hydrogen (secondary N) is 2. The lowest BCUT2D eigenvalue weighted by Crippen LogP contribution is -2.34. The highest BCUT2D eigenvalue weighted by Crippen LogP contribution is 2.14. The monoisotopic (exact) mass is 294 g/mol. The normalized spacial score (nSPS) is 10.4. The quantitative estimate of drug-likeness (QED) is 0.749. The topological polar surface area (TPSA) is 130 Å². The van der Waals surface area contributed by atoms with E-state index in [1.807, 2.05) is 0 Å². The molecular weight excluding hydrogens is 280 g/mol. The Morgan fingerprint density at radius 1 is 1.29 bits per heavy atom. The molecular formula is C12H14N4O5. The SMILES string of the molecule is Cc1nc(CNC(=O)NCc2cc(C(=O)O)c(C)o2)no1. The van der Waals surface area contributed by atoms with Crippen LogP contribution in [0, 0.1) is 13.8 Å². The fourth-order valence-electron chi connectivity index (χ4n) is 1.65. The molecule has 0 aliphatic heterocycles. The second-order valence-electron chi connectivity index (χ2n) is 4.25. The minimum atomic E-state index is -1.07. The summed E-state index contributed by atoms with van der Waals surface area (Å²) in [7, 11) is 0. The van der Waals surface area contributed by atoms with Crippen LogP contribution >= 0.6 is 0 Å². The molecule has 21 heavy (non-hydrogen) atoms. The van der Waals surface area contributed by atoms with Crippen molar-refractivity contribution in [3.8, 4) is 0 Å². The van der Waals surface area contributed by atoms with Gasteiger partial charge < -0.3 is 24.7 Å². The molecule has 9 nitrogen and oxygen atoms in total. The van der Waals surface area contributed by atoms with E-state index < -0.39 is 12.0 Å². The first kappa shape index (κ1) is 14.6. The van der Waals surface area contributed by atoms with Crippen molar-refractivity contribution in [2.24, 2.45) is 0 Å². The van der Waals surface area contributed by atoms with Gasteiger partial charge in [-0.1, -0.05) is 5.16 Å². The van der Waals surface area contributed by atoms with Gasteiger partial charge in [-0.25, -0.2) is 9.59 Å². The molecule has 2 aromatic rings. The summed E-state index contributed by atoms with van der Waals surface area (Å²) in [6.07, 6.45) is 0. The van der Waals surface area contributed by atoms with E-state index in [9.17, 15) is 9.59 Å². The third-order valence-electron chi connectivity index (χ3n) is 2.60. The van der Waals surface area contributed by atoms with E-state index in [0.29, 0.717) is 23.2 Å². The molecule has 0 aromatic carbocycles. The Hall–Kier alpha value is -2.84. The van der Waals surface area contributed by atoms with Gasteiger partial charge in [-0.05, 0) is 13.0 Å². The maximum Gasteiger partial charge on any atom is 0.339 e. The van der Waals surface area contributed by atoms with E-state index >= 15 is 0 Å². The lowest BCUT2D eigenvalue weighted by atomic mass is 10.2. The zero-order chi connectivity index (χ0) is 15.4. The second kappa shape index (κ2) is 6.07. The van der Waals surface area contributed by atoms with Gasteiger partial charge in [-0.3, -0.25) is 0 Å². The lowest BCUT2D eigenvalue weighted by molar-refractivity contribution is 0.0695. The van der Waals surface area contributed by atoms with Gasteiger partial charge in [0.15, 0.2) is 5.82 Å². The van der Waals surface area contributed by atoms with Crippen molar-refractivity contribution in [3.05, 3.63) is 34.9 Å². The van der Waals surface area contributed by atoms with E-state index in [0.717, 1.165) is 0 Å². The molecule has 0 saturated heterocycles. The highest BCUT2D eigenvalue weighted by molar-refractivity contribution is 5.88. The van der Waals surface area contributed by atoms with Crippen LogP contribution in [0.5, 0.6) is 0 Å². The third kappa shape index (κ3) is 3.81. The van der Waals surface area contributed by atoms with E-state index in [-0.39, 0.29) is 18.7 Å². The molecule has 0 aliphatic rings. The standard InChI is InChI=1S/C12H14N4O5/c1-6-9(11(17)18)3-8(20-6)4-13-12(19)14-5-10-15-7(2)21-16-10/h3H,4-5H2,1-2H3,(H,17,18)(H2,13,14,19). The molecule has 9 heteroatoms. The van der Waals surface area contributed by atoms with Gasteiger partial charge in [0.2, 0.25) is 5.89 Å². The second-order valence-corrected chi connectivity index (χ2v) is 4.25. The minimum absolute atomic E-state index is 0.0746. The number of nitrogens with zero attached hydrogens (tertiary/aromatic N) is 2. The van der Waals surface area contributed by atoms with Gasteiger partial charge in [0, 0.05) is 6.92 Å². The number of hydrogen-bond acceptors (Lipinski definition) is 6. The number of aromatic nitrogens is 2. The Morgan fingerprint density at radius 2 is 2.00 bits per heavy atom. The molecule has 3 N–H and O–H groups in total. The van der Waals surface area contributed by atoms with Gasteiger partial charge in [0.25, 0.3) is 0 Å². The Kier molecular flexibility index (Phi) is 4.21. The van der Waals surface area contributed by atoms with Crippen LogP contribution in [0.25, 0.3) is 0 Å². The number of carboxylic acids is 1. The number of carbonyl (C=O) groups excluding carboxylic acids is 1. The summed E-state index contributed by atoms with van der Waals surface area (Å²) in [5.41, 5.74) is 0.0782. The Morgan fingerprint density at radius 3 is 2.57 bits per heavy atom. The molecule has 0 aliphatic carbocycles. The summed E-state index contributed by atoms with van der Waals surface area (Å²) in [6.45, 7) is 3.40. The van der Waals surface area contributed by atoms with Gasteiger partial charge in [-0.15, -0.1) is 0 Å². The maximum absolute atomic E-state index is 11.6. The molecule has 2 aromatic heterocycles. The van der Waals surface area contributed by atoms with Gasteiger partial charge in [0.05, 0.1) is 13.1 Å². The first-order valence-electron chi connectivity index (χ1n) is 6.09. The van der Waals surface area contributed by atoms with Gasteiger partial charge in [0.1, 0.15) is 17.1 Å². The number of amides is 2. The molecule has 0 fully saturated rings. The molecule has 0 radical (unpaired) electrons. The molecule has 0 unspecified atom stereocenters. The predicted molar refractivity (Wildman–Crippen MR) is 68.5 cm³/mol. The van der Waals surface area contributed by atoms with E-state index in [1.54, 1.807) is 13.8 Å². The van der Waals surface area contributed by atoms with E-state index in [1.165, 1.54) is 6.07 Å². The lowest BCUT2D eigenvalue weighted by Gasteiger charge is -2.03. The molecule has 2 heterocycles. The number of urea groups is 1. The minimum Gasteiger partial charge on any atom is -0.478 e. The van der Waals surface area contributed by atoms with Gasteiger partial charge in [-0.2, -0.15) is 4.98 Å². The van der Waals surface area contributed by atoms with Crippen molar-refractivity contribution >= 4 is 12.0 Å². The molecule has 2 rings (SSSR count). The largest absolute Gasteiger partial charge is 0.478 e.